The van der Waals surface area contributed by atoms with Gasteiger partial charge in [0.25, 0.3) is 5.82 Å². The Kier molecular flexibility index (Phi) is 1.49. The number of nitrogens with zero attached hydrogens (tertiary/aromatic N) is 1. The van der Waals surface area contributed by atoms with Gasteiger partial charge < -0.3 is 5.21 Å². The lowest BCUT2D eigenvalue weighted by Crippen LogP contribution is -2.30. The van der Waals surface area contributed by atoms with Crippen molar-refractivity contribution in [3.63, 3.8) is 0 Å². The number of hydrogen-bond acceptors (Lipinski definition) is 2. The zero-order chi connectivity index (χ0) is 7.72. The molecule has 0 fully saturated rings. The van der Waals surface area contributed by atoms with Crippen LogP contribution in [0.1, 0.15) is 11.1 Å². The van der Waals surface area contributed by atoms with E-state index in [1.807, 2.05) is 13.8 Å². The van der Waals surface area contributed by atoms with Crippen LogP contribution in [0.15, 0.2) is 12.3 Å². The van der Waals surface area contributed by atoms with Gasteiger partial charge in [0.2, 0.25) is 0 Å². The van der Waals surface area contributed by atoms with Crippen molar-refractivity contribution in [2.75, 3.05) is 5.73 Å². The lowest BCUT2D eigenvalue weighted by atomic mass is 10.2. The van der Waals surface area contributed by atoms with Crippen molar-refractivity contribution in [2.45, 2.75) is 13.8 Å². The summed E-state index contributed by atoms with van der Waals surface area (Å²) in [4.78, 5) is 0. The molecular formula is C7H10N2O. The van der Waals surface area contributed by atoms with Gasteiger partial charge in [-0.05, 0) is 25.5 Å². The molecule has 1 aromatic heterocycles. The number of rotatable bonds is 0. The van der Waals surface area contributed by atoms with E-state index in [9.17, 15) is 5.21 Å². The molecule has 10 heavy (non-hydrogen) atoms. The Labute approximate surface area is 59.7 Å². The van der Waals surface area contributed by atoms with Crippen molar-refractivity contribution >= 4 is 5.82 Å². The molecule has 1 heterocycles. The Morgan fingerprint density at radius 2 is 2.10 bits per heavy atom. The molecule has 0 aliphatic heterocycles. The molecule has 1 aromatic rings. The van der Waals surface area contributed by atoms with Gasteiger partial charge in [-0.3, -0.25) is 5.73 Å². The molecule has 0 aliphatic carbocycles. The molecule has 0 saturated carbocycles. The minimum Gasteiger partial charge on any atom is -0.711 e. The SMILES string of the molecule is Cc1cc[n+]([O-])c(N)c1C. The second kappa shape index (κ2) is 2.17. The Morgan fingerprint density at radius 1 is 1.50 bits per heavy atom. The van der Waals surface area contributed by atoms with E-state index in [0.29, 0.717) is 10.5 Å². The largest absolute Gasteiger partial charge is 0.711 e. The van der Waals surface area contributed by atoms with E-state index in [1.54, 1.807) is 6.07 Å². The van der Waals surface area contributed by atoms with Crippen molar-refractivity contribution in [3.05, 3.63) is 28.6 Å². The van der Waals surface area contributed by atoms with Crippen LogP contribution in [0.4, 0.5) is 5.82 Å². The number of nitrogen functional groups attached to an aromatic ring is 1. The molecule has 2 N–H and O–H groups in total. The summed E-state index contributed by atoms with van der Waals surface area (Å²) in [5.41, 5.74) is 7.34. The molecule has 3 nitrogen and oxygen atoms in total. The van der Waals surface area contributed by atoms with Gasteiger partial charge in [-0.15, -0.1) is 0 Å². The first-order chi connectivity index (χ1) is 4.63. The quantitative estimate of drug-likeness (QED) is 0.419. The molecule has 0 spiro atoms. The van der Waals surface area contributed by atoms with E-state index in [2.05, 4.69) is 0 Å². The molecule has 54 valence electrons. The van der Waals surface area contributed by atoms with Crippen LogP contribution >= 0.6 is 0 Å². The van der Waals surface area contributed by atoms with E-state index in [-0.39, 0.29) is 0 Å². The molecule has 0 radical (unpaired) electrons. The van der Waals surface area contributed by atoms with Crippen LogP contribution in [0.25, 0.3) is 0 Å². The second-order valence-corrected chi connectivity index (χ2v) is 2.33. The fourth-order valence-electron chi connectivity index (χ4n) is 0.752. The third-order valence-corrected chi connectivity index (χ3v) is 1.67. The second-order valence-electron chi connectivity index (χ2n) is 2.33. The first-order valence-electron chi connectivity index (χ1n) is 3.08. The maximum atomic E-state index is 10.8. The fraction of sp³-hybridized carbons (Fsp3) is 0.286. The minimum absolute atomic E-state index is 0.292. The monoisotopic (exact) mass is 138 g/mol. The Bertz CT molecular complexity index is 231. The predicted octanol–water partition coefficient (Wildman–Crippen LogP) is 0.519. The smallest absolute Gasteiger partial charge is 0.278 e. The standard InChI is InChI=1S/C7H10N2O/c1-5-3-4-9(10)7(8)6(5)2/h3-4H,8H2,1-2H3. The molecule has 0 atom stereocenters. The van der Waals surface area contributed by atoms with Crippen LogP contribution in [0.2, 0.25) is 0 Å². The maximum absolute atomic E-state index is 10.8. The lowest BCUT2D eigenvalue weighted by molar-refractivity contribution is -0.590. The highest BCUT2D eigenvalue weighted by molar-refractivity contribution is 5.37. The van der Waals surface area contributed by atoms with Crippen LogP contribution in [0.3, 0.4) is 0 Å². The van der Waals surface area contributed by atoms with Crippen LogP contribution in [0, 0.1) is 19.1 Å². The maximum Gasteiger partial charge on any atom is 0.278 e. The van der Waals surface area contributed by atoms with Crippen molar-refractivity contribution in [1.29, 1.82) is 0 Å². The van der Waals surface area contributed by atoms with E-state index in [1.165, 1.54) is 6.20 Å². The highest BCUT2D eigenvalue weighted by atomic mass is 16.5. The summed E-state index contributed by atoms with van der Waals surface area (Å²) in [6, 6.07) is 1.75. The van der Waals surface area contributed by atoms with Gasteiger partial charge in [0.1, 0.15) is 0 Å². The molecule has 0 saturated heterocycles. The van der Waals surface area contributed by atoms with Gasteiger partial charge in [-0.1, -0.05) is 0 Å². The van der Waals surface area contributed by atoms with Gasteiger partial charge in [-0.2, -0.15) is 0 Å². The summed E-state index contributed by atoms with van der Waals surface area (Å²) < 4.78 is 0.669. The number of aromatic nitrogens is 1. The number of pyridine rings is 1. The zero-order valence-corrected chi connectivity index (χ0v) is 6.09. The zero-order valence-electron chi connectivity index (χ0n) is 6.09. The van der Waals surface area contributed by atoms with Crippen LogP contribution in [-0.2, 0) is 0 Å². The third-order valence-electron chi connectivity index (χ3n) is 1.67. The summed E-state index contributed by atoms with van der Waals surface area (Å²) >= 11 is 0. The topological polar surface area (TPSA) is 53.0 Å². The summed E-state index contributed by atoms with van der Waals surface area (Å²) in [5, 5.41) is 10.8. The van der Waals surface area contributed by atoms with Crippen LogP contribution in [-0.4, -0.2) is 0 Å². The Morgan fingerprint density at radius 3 is 2.60 bits per heavy atom. The van der Waals surface area contributed by atoms with E-state index in [0.717, 1.165) is 11.1 Å². The molecule has 0 aliphatic rings. The van der Waals surface area contributed by atoms with Gasteiger partial charge in [-0.25, -0.2) is 4.73 Å². The highest BCUT2D eigenvalue weighted by Crippen LogP contribution is 2.08. The minimum atomic E-state index is 0.292. The average Bonchev–Trinajstić information content (AvgIpc) is 1.93. The number of nitrogens with two attached hydrogens (primary N) is 1. The normalized spacial score (nSPS) is 9.80. The van der Waals surface area contributed by atoms with Crippen molar-refractivity contribution in [1.82, 2.24) is 0 Å². The number of aryl methyl sites for hydroxylation is 1. The fourth-order valence-corrected chi connectivity index (χ4v) is 0.752. The number of anilines is 1. The predicted molar refractivity (Wildman–Crippen MR) is 39.3 cm³/mol. The molecule has 0 aromatic carbocycles. The molecule has 0 unspecified atom stereocenters. The van der Waals surface area contributed by atoms with E-state index < -0.39 is 0 Å². The Balaban J connectivity index is 3.34. The summed E-state index contributed by atoms with van der Waals surface area (Å²) in [6.45, 7) is 3.75. The van der Waals surface area contributed by atoms with E-state index >= 15 is 0 Å². The third kappa shape index (κ3) is 0.900. The van der Waals surface area contributed by atoms with Gasteiger partial charge in [0, 0.05) is 5.56 Å². The molecule has 1 rings (SSSR count). The Hall–Kier alpha value is -1.25. The average molecular weight is 138 g/mol. The summed E-state index contributed by atoms with van der Waals surface area (Å²) in [6.07, 6.45) is 1.41. The first-order valence-corrected chi connectivity index (χ1v) is 3.08. The van der Waals surface area contributed by atoms with Crippen molar-refractivity contribution in [2.24, 2.45) is 0 Å². The number of hydrogen-bond donors (Lipinski definition) is 1. The van der Waals surface area contributed by atoms with Gasteiger partial charge >= 0.3 is 0 Å². The van der Waals surface area contributed by atoms with Crippen molar-refractivity contribution < 1.29 is 4.73 Å². The molecular weight excluding hydrogens is 128 g/mol. The van der Waals surface area contributed by atoms with Crippen LogP contribution < -0.4 is 10.5 Å². The van der Waals surface area contributed by atoms with E-state index in [4.69, 9.17) is 5.73 Å². The van der Waals surface area contributed by atoms with Gasteiger partial charge in [0.15, 0.2) is 0 Å². The van der Waals surface area contributed by atoms with Gasteiger partial charge in [0.05, 0.1) is 6.20 Å². The first kappa shape index (κ1) is 6.86. The van der Waals surface area contributed by atoms with Crippen LogP contribution in [0.5, 0.6) is 0 Å². The highest BCUT2D eigenvalue weighted by Gasteiger charge is 2.03. The molecule has 3 heteroatoms. The summed E-state index contributed by atoms with van der Waals surface area (Å²) in [7, 11) is 0. The molecule has 0 amide bonds. The summed E-state index contributed by atoms with van der Waals surface area (Å²) in [5.74, 6) is 0.292. The molecule has 0 bridgehead atoms. The lowest BCUT2D eigenvalue weighted by Gasteiger charge is -2.07. The van der Waals surface area contributed by atoms with Crippen molar-refractivity contribution in [3.8, 4) is 0 Å².